The van der Waals surface area contributed by atoms with Gasteiger partial charge in [-0.1, -0.05) is 0 Å². The zero-order chi connectivity index (χ0) is 13.3. The minimum Gasteiger partial charge on any atom is -0.444 e. The van der Waals surface area contributed by atoms with Gasteiger partial charge in [-0.3, -0.25) is 0 Å². The van der Waals surface area contributed by atoms with Crippen LogP contribution in [0.1, 0.15) is 27.2 Å². The van der Waals surface area contributed by atoms with Gasteiger partial charge in [0.05, 0.1) is 17.0 Å². The molecule has 7 heteroatoms. The number of sulfone groups is 1. The average Bonchev–Trinajstić information content (AvgIpc) is 1.95. The van der Waals surface area contributed by atoms with Crippen molar-refractivity contribution in [3.63, 3.8) is 0 Å². The highest BCUT2D eigenvalue weighted by Gasteiger charge is 2.49. The van der Waals surface area contributed by atoms with Crippen LogP contribution in [0.2, 0.25) is 0 Å². The maximum Gasteiger partial charge on any atom is 0.408 e. The van der Waals surface area contributed by atoms with Gasteiger partial charge in [0, 0.05) is 6.61 Å². The van der Waals surface area contributed by atoms with Gasteiger partial charge in [0.15, 0.2) is 9.84 Å². The number of hydrogen-bond donors (Lipinski definition) is 2. The van der Waals surface area contributed by atoms with E-state index in [1.165, 1.54) is 0 Å². The summed E-state index contributed by atoms with van der Waals surface area (Å²) in [5.41, 5.74) is -1.50. The van der Waals surface area contributed by atoms with Crippen molar-refractivity contribution < 1.29 is 23.1 Å². The Hall–Kier alpha value is -0.820. The van der Waals surface area contributed by atoms with Crippen LogP contribution in [0.4, 0.5) is 4.79 Å². The second kappa shape index (κ2) is 4.45. The highest BCUT2D eigenvalue weighted by atomic mass is 32.2. The molecule has 17 heavy (non-hydrogen) atoms. The molecule has 0 aliphatic carbocycles. The summed E-state index contributed by atoms with van der Waals surface area (Å²) in [6, 6.07) is 0. The SMILES string of the molecule is CC(C)(C)OC(=O)NC1(CCO)CS(=O)(=O)C1. The smallest absolute Gasteiger partial charge is 0.408 e. The number of amides is 1. The van der Waals surface area contributed by atoms with Crippen molar-refractivity contribution in [1.29, 1.82) is 0 Å². The molecule has 1 heterocycles. The fraction of sp³-hybridized carbons (Fsp3) is 0.900. The molecule has 0 atom stereocenters. The molecule has 0 radical (unpaired) electrons. The Bertz CT molecular complexity index is 383. The van der Waals surface area contributed by atoms with Crippen molar-refractivity contribution in [3.8, 4) is 0 Å². The molecule has 0 bridgehead atoms. The van der Waals surface area contributed by atoms with Gasteiger partial charge in [-0.25, -0.2) is 13.2 Å². The summed E-state index contributed by atoms with van der Waals surface area (Å²) < 4.78 is 27.4. The molecule has 1 rings (SSSR count). The molecule has 100 valence electrons. The molecular weight excluding hydrogens is 246 g/mol. The summed E-state index contributed by atoms with van der Waals surface area (Å²) in [7, 11) is -3.08. The molecule has 1 fully saturated rings. The molecule has 0 unspecified atom stereocenters. The van der Waals surface area contributed by atoms with Crippen molar-refractivity contribution in [1.82, 2.24) is 5.32 Å². The Labute approximate surface area is 101 Å². The summed E-state index contributed by atoms with van der Waals surface area (Å²) in [5, 5.41) is 11.4. The van der Waals surface area contributed by atoms with Crippen molar-refractivity contribution in [3.05, 3.63) is 0 Å². The van der Waals surface area contributed by atoms with Gasteiger partial charge in [0.1, 0.15) is 5.60 Å². The van der Waals surface area contributed by atoms with E-state index in [1.54, 1.807) is 20.8 Å². The minimum atomic E-state index is -3.08. The first-order valence-electron chi connectivity index (χ1n) is 5.40. The third-order valence-corrected chi connectivity index (χ3v) is 4.33. The molecule has 0 aromatic carbocycles. The first-order chi connectivity index (χ1) is 7.58. The average molecular weight is 265 g/mol. The van der Waals surface area contributed by atoms with Crippen LogP contribution in [0, 0.1) is 0 Å². The van der Waals surface area contributed by atoms with Crippen LogP contribution in [0.3, 0.4) is 0 Å². The van der Waals surface area contributed by atoms with Crippen LogP contribution in [-0.2, 0) is 14.6 Å². The van der Waals surface area contributed by atoms with Crippen LogP contribution in [0.25, 0.3) is 0 Å². The topological polar surface area (TPSA) is 92.7 Å². The van der Waals surface area contributed by atoms with Gasteiger partial charge in [0.2, 0.25) is 0 Å². The Balaban J connectivity index is 2.61. The largest absolute Gasteiger partial charge is 0.444 e. The highest BCUT2D eigenvalue weighted by Crippen LogP contribution is 2.27. The number of hydrogen-bond acceptors (Lipinski definition) is 5. The van der Waals surface area contributed by atoms with Gasteiger partial charge in [0.25, 0.3) is 0 Å². The lowest BCUT2D eigenvalue weighted by Crippen LogP contribution is -2.66. The third-order valence-electron chi connectivity index (χ3n) is 2.35. The maximum atomic E-state index is 11.5. The quantitative estimate of drug-likeness (QED) is 0.752. The van der Waals surface area contributed by atoms with Crippen molar-refractivity contribution in [2.24, 2.45) is 0 Å². The van der Waals surface area contributed by atoms with E-state index >= 15 is 0 Å². The first kappa shape index (κ1) is 14.2. The number of aliphatic hydroxyl groups excluding tert-OH is 1. The molecule has 1 aliphatic heterocycles. The second-order valence-electron chi connectivity index (χ2n) is 5.41. The molecular formula is C10H19NO5S. The molecule has 0 aromatic heterocycles. The van der Waals surface area contributed by atoms with Crippen LogP contribution in [0.5, 0.6) is 0 Å². The van der Waals surface area contributed by atoms with E-state index in [4.69, 9.17) is 9.84 Å². The third kappa shape index (κ3) is 4.16. The van der Waals surface area contributed by atoms with Crippen LogP contribution < -0.4 is 5.32 Å². The lowest BCUT2D eigenvalue weighted by molar-refractivity contribution is 0.0455. The number of rotatable bonds is 3. The fourth-order valence-corrected chi connectivity index (χ4v) is 3.85. The summed E-state index contributed by atoms with van der Waals surface area (Å²) >= 11 is 0. The molecule has 6 nitrogen and oxygen atoms in total. The number of carbonyl (C=O) groups is 1. The van der Waals surface area contributed by atoms with E-state index in [9.17, 15) is 13.2 Å². The van der Waals surface area contributed by atoms with Gasteiger partial charge in [-0.15, -0.1) is 0 Å². The summed E-state index contributed by atoms with van der Waals surface area (Å²) in [6.45, 7) is 5.00. The van der Waals surface area contributed by atoms with Crippen LogP contribution in [0.15, 0.2) is 0 Å². The van der Waals surface area contributed by atoms with E-state index in [1.807, 2.05) is 0 Å². The molecule has 0 saturated carbocycles. The van der Waals surface area contributed by atoms with E-state index in [-0.39, 0.29) is 24.5 Å². The van der Waals surface area contributed by atoms with Crippen molar-refractivity contribution in [2.45, 2.75) is 38.3 Å². The second-order valence-corrected chi connectivity index (χ2v) is 7.48. The maximum absolute atomic E-state index is 11.5. The number of alkyl carbamates (subject to hydrolysis) is 1. The van der Waals surface area contributed by atoms with E-state index < -0.39 is 27.1 Å². The molecule has 0 spiro atoms. The zero-order valence-corrected chi connectivity index (χ0v) is 11.1. The van der Waals surface area contributed by atoms with Crippen molar-refractivity contribution >= 4 is 15.9 Å². The summed E-state index contributed by atoms with van der Waals surface area (Å²) in [4.78, 5) is 11.5. The van der Waals surface area contributed by atoms with Gasteiger partial charge >= 0.3 is 6.09 Å². The van der Waals surface area contributed by atoms with Gasteiger partial charge < -0.3 is 15.2 Å². The number of ether oxygens (including phenoxy) is 1. The first-order valence-corrected chi connectivity index (χ1v) is 7.22. The van der Waals surface area contributed by atoms with Crippen molar-refractivity contribution in [2.75, 3.05) is 18.1 Å². The zero-order valence-electron chi connectivity index (χ0n) is 10.3. The molecule has 1 aliphatic rings. The van der Waals surface area contributed by atoms with Gasteiger partial charge in [-0.2, -0.15) is 0 Å². The monoisotopic (exact) mass is 265 g/mol. The van der Waals surface area contributed by atoms with Crippen LogP contribution in [-0.4, -0.2) is 48.9 Å². The Morgan fingerprint density at radius 3 is 2.29 bits per heavy atom. The summed E-state index contributed by atoms with van der Waals surface area (Å²) in [6.07, 6.45) is -0.438. The standard InChI is InChI=1S/C10H19NO5S/c1-9(2,3)16-8(13)11-10(4-5-12)6-17(14,15)7-10/h12H,4-7H2,1-3H3,(H,11,13). The summed E-state index contributed by atoms with van der Waals surface area (Å²) in [5.74, 6) is -0.278. The lowest BCUT2D eigenvalue weighted by Gasteiger charge is -2.41. The van der Waals surface area contributed by atoms with E-state index in [0.717, 1.165) is 0 Å². The van der Waals surface area contributed by atoms with Gasteiger partial charge in [-0.05, 0) is 27.2 Å². The normalized spacial score (nSPS) is 21.4. The molecule has 1 amide bonds. The number of aliphatic hydroxyl groups is 1. The molecule has 1 saturated heterocycles. The fourth-order valence-electron chi connectivity index (χ4n) is 1.81. The lowest BCUT2D eigenvalue weighted by atomic mass is 10.00. The van der Waals surface area contributed by atoms with Crippen LogP contribution >= 0.6 is 0 Å². The Morgan fingerprint density at radius 1 is 1.41 bits per heavy atom. The Kier molecular flexibility index (Phi) is 3.73. The molecule has 2 N–H and O–H groups in total. The predicted molar refractivity (Wildman–Crippen MR) is 62.5 cm³/mol. The number of carbonyl (C=O) groups excluding carboxylic acids is 1. The van der Waals surface area contributed by atoms with E-state index in [0.29, 0.717) is 0 Å². The Morgan fingerprint density at radius 2 is 1.94 bits per heavy atom. The predicted octanol–water partition coefficient (Wildman–Crippen LogP) is 0.0607. The number of nitrogens with one attached hydrogen (secondary N) is 1. The minimum absolute atomic E-state index is 0.139. The van der Waals surface area contributed by atoms with E-state index in [2.05, 4.69) is 5.32 Å². The highest BCUT2D eigenvalue weighted by molar-refractivity contribution is 7.93. The molecule has 0 aromatic rings.